The zero-order valence-corrected chi connectivity index (χ0v) is 13.1. The van der Waals surface area contributed by atoms with Crippen LogP contribution in [0.2, 0.25) is 0 Å². The first-order valence-electron chi connectivity index (χ1n) is 7.29. The number of aromatic nitrogens is 2. The van der Waals surface area contributed by atoms with Gasteiger partial charge in [-0.3, -0.25) is 0 Å². The number of rotatable bonds is 6. The third kappa shape index (κ3) is 3.24. The normalized spacial score (nSPS) is 11.7. The van der Waals surface area contributed by atoms with Crippen molar-refractivity contribution < 1.29 is 9.90 Å². The van der Waals surface area contributed by atoms with Gasteiger partial charge in [0.1, 0.15) is 5.82 Å². The number of aryl methyl sites for hydroxylation is 1. The number of carbonyl (C=O) groups is 1. The van der Waals surface area contributed by atoms with Crippen molar-refractivity contribution in [3.8, 4) is 0 Å². The standard InChI is InChI=1S/C16H23N3O2/c1-11(2)15-17-13-8-5-7-12(16(20)21)14(13)19(15)10-6-9-18(3)4/h5,7-8,11H,6,9-10H2,1-4H3,(H,20,21). The molecule has 0 aliphatic carbocycles. The highest BCUT2D eigenvalue weighted by Gasteiger charge is 2.18. The van der Waals surface area contributed by atoms with Crippen LogP contribution in [-0.2, 0) is 6.54 Å². The number of nitrogens with zero attached hydrogens (tertiary/aromatic N) is 3. The molecule has 0 aliphatic heterocycles. The molecule has 0 amide bonds. The molecular weight excluding hydrogens is 266 g/mol. The van der Waals surface area contributed by atoms with Crippen molar-refractivity contribution in [1.82, 2.24) is 14.5 Å². The molecule has 0 unspecified atom stereocenters. The van der Waals surface area contributed by atoms with Gasteiger partial charge in [-0.1, -0.05) is 19.9 Å². The molecule has 2 rings (SSSR count). The van der Waals surface area contributed by atoms with Gasteiger partial charge in [0.15, 0.2) is 0 Å². The van der Waals surface area contributed by atoms with Crippen molar-refractivity contribution >= 4 is 17.0 Å². The van der Waals surface area contributed by atoms with Crippen molar-refractivity contribution in [2.24, 2.45) is 0 Å². The molecule has 114 valence electrons. The zero-order valence-electron chi connectivity index (χ0n) is 13.1. The molecule has 1 aromatic heterocycles. The first-order valence-corrected chi connectivity index (χ1v) is 7.29. The summed E-state index contributed by atoms with van der Waals surface area (Å²) in [5.41, 5.74) is 1.84. The zero-order chi connectivity index (χ0) is 15.6. The Morgan fingerprint density at radius 3 is 2.67 bits per heavy atom. The molecule has 0 saturated heterocycles. The molecule has 21 heavy (non-hydrogen) atoms. The van der Waals surface area contributed by atoms with Crippen LogP contribution in [-0.4, -0.2) is 46.2 Å². The monoisotopic (exact) mass is 289 g/mol. The van der Waals surface area contributed by atoms with Crippen LogP contribution in [0.15, 0.2) is 18.2 Å². The third-order valence-corrected chi connectivity index (χ3v) is 3.53. The molecule has 5 heteroatoms. The second-order valence-corrected chi connectivity index (χ2v) is 5.91. The maximum Gasteiger partial charge on any atom is 0.337 e. The molecule has 0 saturated carbocycles. The Kier molecular flexibility index (Phi) is 4.63. The minimum atomic E-state index is -0.898. The van der Waals surface area contributed by atoms with E-state index < -0.39 is 5.97 Å². The first kappa shape index (κ1) is 15.5. The number of carboxylic acids is 1. The molecule has 5 nitrogen and oxygen atoms in total. The lowest BCUT2D eigenvalue weighted by Crippen LogP contribution is -2.16. The summed E-state index contributed by atoms with van der Waals surface area (Å²) in [6.07, 6.45) is 0.964. The fraction of sp³-hybridized carbons (Fsp3) is 0.500. The summed E-state index contributed by atoms with van der Waals surface area (Å²) < 4.78 is 2.08. The SMILES string of the molecule is CC(C)c1nc2cccc(C(=O)O)c2n1CCCN(C)C. The molecule has 2 aromatic rings. The average Bonchev–Trinajstić information content (AvgIpc) is 2.77. The summed E-state index contributed by atoms with van der Waals surface area (Å²) in [6.45, 7) is 5.92. The lowest BCUT2D eigenvalue weighted by molar-refractivity contribution is 0.0698. The van der Waals surface area contributed by atoms with Gasteiger partial charge in [0.05, 0.1) is 16.6 Å². The van der Waals surface area contributed by atoms with Gasteiger partial charge in [0, 0.05) is 12.5 Å². The Morgan fingerprint density at radius 2 is 2.10 bits per heavy atom. The molecule has 1 aromatic carbocycles. The first-order chi connectivity index (χ1) is 9.91. The second kappa shape index (κ2) is 6.26. The predicted octanol–water partition coefficient (Wildman–Crippen LogP) is 2.81. The number of carboxylic acid groups (broad SMARTS) is 1. The van der Waals surface area contributed by atoms with E-state index in [2.05, 4.69) is 28.3 Å². The maximum atomic E-state index is 11.5. The molecule has 0 fully saturated rings. The van der Waals surface area contributed by atoms with Crippen molar-refractivity contribution in [2.45, 2.75) is 32.7 Å². The van der Waals surface area contributed by atoms with Gasteiger partial charge in [0.2, 0.25) is 0 Å². The van der Waals surface area contributed by atoms with E-state index in [9.17, 15) is 9.90 Å². The predicted molar refractivity (Wildman–Crippen MR) is 84.0 cm³/mol. The van der Waals surface area contributed by atoms with E-state index in [-0.39, 0.29) is 5.92 Å². The second-order valence-electron chi connectivity index (χ2n) is 5.91. The van der Waals surface area contributed by atoms with Gasteiger partial charge in [-0.05, 0) is 39.2 Å². The molecule has 0 radical (unpaired) electrons. The topological polar surface area (TPSA) is 58.4 Å². The van der Waals surface area contributed by atoms with E-state index in [1.165, 1.54) is 0 Å². The summed E-state index contributed by atoms with van der Waals surface area (Å²) in [5, 5.41) is 9.42. The lowest BCUT2D eigenvalue weighted by Gasteiger charge is -2.14. The number of hydrogen-bond donors (Lipinski definition) is 1. The largest absolute Gasteiger partial charge is 0.478 e. The number of fused-ring (bicyclic) bond motifs is 1. The summed E-state index contributed by atoms with van der Waals surface area (Å²) in [7, 11) is 4.08. The molecule has 0 spiro atoms. The highest BCUT2D eigenvalue weighted by atomic mass is 16.4. The van der Waals surface area contributed by atoms with Crippen molar-refractivity contribution in [3.63, 3.8) is 0 Å². The number of aromatic carboxylic acids is 1. The van der Waals surface area contributed by atoms with Crippen LogP contribution in [0, 0.1) is 0 Å². The van der Waals surface area contributed by atoms with Gasteiger partial charge < -0.3 is 14.6 Å². The van der Waals surface area contributed by atoms with E-state index in [0.717, 1.165) is 36.4 Å². The lowest BCUT2D eigenvalue weighted by atomic mass is 10.1. The highest BCUT2D eigenvalue weighted by molar-refractivity contribution is 6.01. The van der Waals surface area contributed by atoms with E-state index >= 15 is 0 Å². The number of benzene rings is 1. The minimum absolute atomic E-state index is 0.262. The van der Waals surface area contributed by atoms with Crippen molar-refractivity contribution in [1.29, 1.82) is 0 Å². The van der Waals surface area contributed by atoms with Crippen LogP contribution in [0.3, 0.4) is 0 Å². The fourth-order valence-electron chi connectivity index (χ4n) is 2.59. The van der Waals surface area contributed by atoms with E-state index in [1.54, 1.807) is 12.1 Å². The summed E-state index contributed by atoms with van der Waals surface area (Å²) in [5.74, 6) is 0.320. The van der Waals surface area contributed by atoms with E-state index in [0.29, 0.717) is 5.56 Å². The Bertz CT molecular complexity index is 644. The van der Waals surface area contributed by atoms with Crippen molar-refractivity contribution in [2.75, 3.05) is 20.6 Å². The Labute approximate surface area is 125 Å². The van der Waals surface area contributed by atoms with E-state index in [1.807, 2.05) is 20.2 Å². The molecule has 1 N–H and O–H groups in total. The molecule has 1 heterocycles. The smallest absolute Gasteiger partial charge is 0.337 e. The van der Waals surface area contributed by atoms with Crippen LogP contribution >= 0.6 is 0 Å². The summed E-state index contributed by atoms with van der Waals surface area (Å²) >= 11 is 0. The van der Waals surface area contributed by atoms with Gasteiger partial charge in [-0.15, -0.1) is 0 Å². The quantitative estimate of drug-likeness (QED) is 0.888. The minimum Gasteiger partial charge on any atom is -0.478 e. The van der Waals surface area contributed by atoms with Crippen LogP contribution in [0.1, 0.15) is 42.4 Å². The van der Waals surface area contributed by atoms with Gasteiger partial charge in [0.25, 0.3) is 0 Å². The van der Waals surface area contributed by atoms with Crippen LogP contribution < -0.4 is 0 Å². The maximum absolute atomic E-state index is 11.5. The fourth-order valence-corrected chi connectivity index (χ4v) is 2.59. The van der Waals surface area contributed by atoms with Crippen LogP contribution in [0.5, 0.6) is 0 Å². The van der Waals surface area contributed by atoms with Gasteiger partial charge in [-0.2, -0.15) is 0 Å². The van der Waals surface area contributed by atoms with Crippen molar-refractivity contribution in [3.05, 3.63) is 29.6 Å². The highest BCUT2D eigenvalue weighted by Crippen LogP contribution is 2.25. The molecule has 0 atom stereocenters. The Morgan fingerprint density at radius 1 is 1.38 bits per heavy atom. The molecule has 0 aliphatic rings. The Balaban J connectivity index is 2.52. The number of hydrogen-bond acceptors (Lipinski definition) is 3. The third-order valence-electron chi connectivity index (χ3n) is 3.53. The molecule has 0 bridgehead atoms. The van der Waals surface area contributed by atoms with Gasteiger partial charge in [-0.25, -0.2) is 9.78 Å². The summed E-state index contributed by atoms with van der Waals surface area (Å²) in [4.78, 5) is 18.2. The molecular formula is C16H23N3O2. The van der Waals surface area contributed by atoms with Crippen LogP contribution in [0.4, 0.5) is 0 Å². The Hall–Kier alpha value is -1.88. The number of para-hydroxylation sites is 1. The summed E-state index contributed by atoms with van der Waals surface area (Å²) in [6, 6.07) is 5.29. The average molecular weight is 289 g/mol. The van der Waals surface area contributed by atoms with Crippen LogP contribution in [0.25, 0.3) is 11.0 Å². The van der Waals surface area contributed by atoms with Gasteiger partial charge >= 0.3 is 5.97 Å². The van der Waals surface area contributed by atoms with E-state index in [4.69, 9.17) is 0 Å². The number of imidazole rings is 1.